The van der Waals surface area contributed by atoms with E-state index in [-0.39, 0.29) is 10.7 Å². The lowest BCUT2D eigenvalue weighted by Crippen LogP contribution is -2.54. The second kappa shape index (κ2) is 10.8. The first-order valence-corrected chi connectivity index (χ1v) is 13.3. The predicted molar refractivity (Wildman–Crippen MR) is 159 cm³/mol. The molecule has 0 bridgehead atoms. The molecular weight excluding hydrogens is 595 g/mol. The van der Waals surface area contributed by atoms with Gasteiger partial charge in [-0.05, 0) is 99.0 Å². The summed E-state index contributed by atoms with van der Waals surface area (Å²) in [5.74, 6) is -0.235. The van der Waals surface area contributed by atoms with Crippen molar-refractivity contribution in [3.8, 4) is 5.75 Å². The third-order valence-corrected chi connectivity index (χ3v) is 7.36. The zero-order valence-electron chi connectivity index (χ0n) is 20.0. The average molecular weight is 618 g/mol. The zero-order valence-corrected chi connectivity index (χ0v) is 23.0. The minimum atomic E-state index is -0.511. The van der Waals surface area contributed by atoms with Gasteiger partial charge in [0, 0.05) is 0 Å². The number of aryl methyl sites for hydroxylation is 1. The highest BCUT2D eigenvalue weighted by molar-refractivity contribution is 14.1. The van der Waals surface area contributed by atoms with Gasteiger partial charge < -0.3 is 4.74 Å². The van der Waals surface area contributed by atoms with E-state index < -0.39 is 11.8 Å². The highest BCUT2D eigenvalue weighted by Gasteiger charge is 2.34. The van der Waals surface area contributed by atoms with Crippen molar-refractivity contribution in [2.45, 2.75) is 20.0 Å². The third kappa shape index (κ3) is 5.28. The fourth-order valence-corrected chi connectivity index (χ4v) is 5.21. The van der Waals surface area contributed by atoms with E-state index in [1.54, 1.807) is 6.08 Å². The van der Waals surface area contributed by atoms with Gasteiger partial charge in [-0.3, -0.25) is 19.8 Å². The van der Waals surface area contributed by atoms with Crippen LogP contribution in [-0.4, -0.2) is 16.9 Å². The van der Waals surface area contributed by atoms with Gasteiger partial charge in [0.2, 0.25) is 0 Å². The Balaban J connectivity index is 1.37. The summed E-state index contributed by atoms with van der Waals surface area (Å²) in [5.41, 5.74) is 3.61. The summed E-state index contributed by atoms with van der Waals surface area (Å²) >= 11 is 7.51. The number of rotatable bonds is 6. The molecule has 0 aliphatic carbocycles. The number of nitrogens with zero attached hydrogens (tertiary/aromatic N) is 1. The molecule has 1 aliphatic rings. The van der Waals surface area contributed by atoms with E-state index in [2.05, 4.69) is 59.1 Å². The predicted octanol–water partition coefficient (Wildman–Crippen LogP) is 6.42. The Morgan fingerprint density at radius 1 is 0.973 bits per heavy atom. The van der Waals surface area contributed by atoms with Gasteiger partial charge >= 0.3 is 0 Å². The number of halogens is 1. The molecule has 0 spiro atoms. The maximum atomic E-state index is 13.3. The number of fused-ring (bicyclic) bond motifs is 1. The number of hydrogen-bond acceptors (Lipinski definition) is 4. The third-order valence-electron chi connectivity index (χ3n) is 6.23. The molecule has 1 aliphatic heterocycles. The smallest absolute Gasteiger partial charge is 0.270 e. The number of nitrogens with one attached hydrogen (secondary N) is 1. The summed E-state index contributed by atoms with van der Waals surface area (Å²) < 4.78 is 7.00. The highest BCUT2D eigenvalue weighted by atomic mass is 127. The molecular formula is C30H23IN2O3S. The maximum absolute atomic E-state index is 13.3. The SMILES string of the molecule is CCc1ccc(N2C(=O)/C(=C/c3ccc(OCc4cccc5ccccc45)c(I)c3)C(=O)NC2=S)cc1. The number of anilines is 1. The molecule has 7 heteroatoms. The molecule has 0 aromatic heterocycles. The standard InChI is InChI=1S/C30H23IN2O3S/c1-2-19-10-13-23(14-11-19)33-29(35)25(28(34)32-30(33)37)16-20-12-15-27(26(31)17-20)36-18-22-8-5-7-21-6-3-4-9-24(21)22/h3-17H,2,18H2,1H3,(H,32,34,37)/b25-16+. The lowest BCUT2D eigenvalue weighted by atomic mass is 10.1. The van der Waals surface area contributed by atoms with Crippen LogP contribution in [0.2, 0.25) is 0 Å². The molecule has 0 saturated carbocycles. The number of amides is 2. The molecule has 5 rings (SSSR count). The molecule has 5 nitrogen and oxygen atoms in total. The van der Waals surface area contributed by atoms with Crippen molar-refractivity contribution in [1.82, 2.24) is 5.32 Å². The second-order valence-corrected chi connectivity index (χ2v) is 10.1. The van der Waals surface area contributed by atoms with E-state index in [4.69, 9.17) is 17.0 Å². The fourth-order valence-electron chi connectivity index (χ4n) is 4.24. The van der Waals surface area contributed by atoms with Gasteiger partial charge in [0.25, 0.3) is 11.8 Å². The largest absolute Gasteiger partial charge is 0.488 e. The van der Waals surface area contributed by atoms with Crippen molar-refractivity contribution < 1.29 is 14.3 Å². The summed E-state index contributed by atoms with van der Waals surface area (Å²) in [6, 6.07) is 27.5. The minimum absolute atomic E-state index is 0.0217. The van der Waals surface area contributed by atoms with Crippen molar-refractivity contribution in [3.05, 3.63) is 111 Å². The molecule has 37 heavy (non-hydrogen) atoms. The molecule has 0 unspecified atom stereocenters. The number of carbonyl (C=O) groups is 2. The van der Waals surface area contributed by atoms with Crippen LogP contribution in [0.15, 0.2) is 90.5 Å². The summed E-state index contributed by atoms with van der Waals surface area (Å²) in [6.45, 7) is 2.50. The van der Waals surface area contributed by atoms with Crippen LogP contribution in [0.3, 0.4) is 0 Å². The molecule has 4 aromatic rings. The quantitative estimate of drug-likeness (QED) is 0.117. The fraction of sp³-hybridized carbons (Fsp3) is 0.100. The van der Waals surface area contributed by atoms with Crippen LogP contribution in [0.5, 0.6) is 5.75 Å². The molecule has 184 valence electrons. The second-order valence-electron chi connectivity index (χ2n) is 8.59. The summed E-state index contributed by atoms with van der Waals surface area (Å²) in [7, 11) is 0. The van der Waals surface area contributed by atoms with E-state index >= 15 is 0 Å². The van der Waals surface area contributed by atoms with E-state index in [9.17, 15) is 9.59 Å². The van der Waals surface area contributed by atoms with Crippen molar-refractivity contribution >= 4 is 74.3 Å². The summed E-state index contributed by atoms with van der Waals surface area (Å²) in [5, 5.41) is 5.05. The normalized spacial score (nSPS) is 14.8. The van der Waals surface area contributed by atoms with Crippen molar-refractivity contribution in [1.29, 1.82) is 0 Å². The van der Waals surface area contributed by atoms with Crippen molar-refractivity contribution in [2.24, 2.45) is 0 Å². The number of benzene rings is 4. The van der Waals surface area contributed by atoms with Gasteiger partial charge in [-0.1, -0.05) is 67.6 Å². The molecule has 1 N–H and O–H groups in total. The van der Waals surface area contributed by atoms with Gasteiger partial charge in [0.15, 0.2) is 5.11 Å². The molecule has 1 fully saturated rings. The van der Waals surface area contributed by atoms with Crippen LogP contribution < -0.4 is 15.0 Å². The number of thiocarbonyl (C=S) groups is 1. The van der Waals surface area contributed by atoms with Crippen LogP contribution in [-0.2, 0) is 22.6 Å². The van der Waals surface area contributed by atoms with Crippen LogP contribution in [0, 0.1) is 3.57 Å². The topological polar surface area (TPSA) is 58.6 Å². The van der Waals surface area contributed by atoms with Gasteiger partial charge in [0.1, 0.15) is 17.9 Å². The van der Waals surface area contributed by atoms with E-state index in [1.807, 2.05) is 60.7 Å². The van der Waals surface area contributed by atoms with Crippen LogP contribution in [0.1, 0.15) is 23.6 Å². The minimum Gasteiger partial charge on any atom is -0.488 e. The van der Waals surface area contributed by atoms with Gasteiger partial charge in [0.05, 0.1) is 9.26 Å². The molecule has 0 radical (unpaired) electrons. The Bertz CT molecular complexity index is 1560. The molecule has 1 heterocycles. The molecule has 0 atom stereocenters. The average Bonchev–Trinajstić information content (AvgIpc) is 2.91. The first kappa shape index (κ1) is 25.1. The lowest BCUT2D eigenvalue weighted by molar-refractivity contribution is -0.122. The van der Waals surface area contributed by atoms with Crippen molar-refractivity contribution in [3.63, 3.8) is 0 Å². The van der Waals surface area contributed by atoms with Crippen molar-refractivity contribution in [2.75, 3.05) is 4.90 Å². The van der Waals surface area contributed by atoms with Gasteiger partial charge in [-0.15, -0.1) is 0 Å². The Hall–Kier alpha value is -3.56. The number of hydrogen-bond donors (Lipinski definition) is 1. The number of carbonyl (C=O) groups excluding carboxylic acids is 2. The molecule has 2 amide bonds. The van der Waals surface area contributed by atoms with Gasteiger partial charge in [-0.25, -0.2) is 0 Å². The highest BCUT2D eigenvalue weighted by Crippen LogP contribution is 2.27. The van der Waals surface area contributed by atoms with Crippen LogP contribution >= 0.6 is 34.8 Å². The van der Waals surface area contributed by atoms with Gasteiger partial charge in [-0.2, -0.15) is 0 Å². The first-order valence-electron chi connectivity index (χ1n) is 11.8. The lowest BCUT2D eigenvalue weighted by Gasteiger charge is -2.29. The van der Waals surface area contributed by atoms with Crippen LogP contribution in [0.4, 0.5) is 5.69 Å². The molecule has 1 saturated heterocycles. The van der Waals surface area contributed by atoms with E-state index in [0.29, 0.717) is 12.3 Å². The summed E-state index contributed by atoms with van der Waals surface area (Å²) in [6.07, 6.45) is 2.48. The first-order chi connectivity index (χ1) is 17.9. The number of ether oxygens (including phenoxy) is 1. The Morgan fingerprint density at radius 2 is 1.73 bits per heavy atom. The Labute approximate surface area is 234 Å². The maximum Gasteiger partial charge on any atom is 0.270 e. The van der Waals surface area contributed by atoms with E-state index in [1.165, 1.54) is 10.3 Å². The monoisotopic (exact) mass is 618 g/mol. The van der Waals surface area contributed by atoms with E-state index in [0.717, 1.165) is 37.8 Å². The summed E-state index contributed by atoms with van der Waals surface area (Å²) in [4.78, 5) is 27.3. The Morgan fingerprint density at radius 3 is 2.49 bits per heavy atom. The molecule has 4 aromatic carbocycles. The zero-order chi connectivity index (χ0) is 25.9. The van der Waals surface area contributed by atoms with Crippen LogP contribution in [0.25, 0.3) is 16.8 Å². The Kier molecular flexibility index (Phi) is 7.34.